The summed E-state index contributed by atoms with van der Waals surface area (Å²) in [7, 11) is 1.57. The molecule has 1 aromatic rings. The van der Waals surface area contributed by atoms with E-state index >= 15 is 0 Å². The highest BCUT2D eigenvalue weighted by atomic mass is 35.5. The normalized spacial score (nSPS) is 21.1. The van der Waals surface area contributed by atoms with Gasteiger partial charge >= 0.3 is 0 Å². The first-order valence-electron chi connectivity index (χ1n) is 4.74. The van der Waals surface area contributed by atoms with Crippen molar-refractivity contribution < 1.29 is 4.74 Å². The number of ether oxygens (including phenoxy) is 1. The van der Waals surface area contributed by atoms with Crippen LogP contribution in [0.25, 0.3) is 0 Å². The average Bonchev–Trinajstić information content (AvgIpc) is 2.70. The van der Waals surface area contributed by atoms with Gasteiger partial charge in [-0.3, -0.25) is 0 Å². The SMILES string of the molecule is COc1ncc([C@@H]2CCCN2)cc1Cl. The van der Waals surface area contributed by atoms with E-state index in [0.29, 0.717) is 16.9 Å². The van der Waals surface area contributed by atoms with Crippen LogP contribution in [0.5, 0.6) is 5.88 Å². The largest absolute Gasteiger partial charge is 0.480 e. The predicted molar refractivity (Wildman–Crippen MR) is 55.8 cm³/mol. The lowest BCUT2D eigenvalue weighted by atomic mass is 10.1. The molecular weight excluding hydrogens is 200 g/mol. The van der Waals surface area contributed by atoms with Gasteiger partial charge in [0.25, 0.3) is 0 Å². The van der Waals surface area contributed by atoms with Crippen LogP contribution in [0.15, 0.2) is 12.3 Å². The van der Waals surface area contributed by atoms with Crippen LogP contribution in [0.3, 0.4) is 0 Å². The number of pyridine rings is 1. The summed E-state index contributed by atoms with van der Waals surface area (Å²) < 4.78 is 5.00. The fraction of sp³-hybridized carbons (Fsp3) is 0.500. The topological polar surface area (TPSA) is 34.1 Å². The molecule has 0 saturated carbocycles. The van der Waals surface area contributed by atoms with E-state index in [-0.39, 0.29) is 0 Å². The van der Waals surface area contributed by atoms with Gasteiger partial charge < -0.3 is 10.1 Å². The highest BCUT2D eigenvalue weighted by molar-refractivity contribution is 6.31. The standard InChI is InChI=1S/C10H13ClN2O/c1-14-10-8(11)5-7(6-13-10)9-3-2-4-12-9/h5-6,9,12H,2-4H2,1H3/t9-/m0/s1. The molecule has 0 aromatic carbocycles. The maximum absolute atomic E-state index is 5.99. The average molecular weight is 213 g/mol. The second-order valence-electron chi connectivity index (χ2n) is 3.41. The minimum atomic E-state index is 0.408. The van der Waals surface area contributed by atoms with Gasteiger partial charge in [0.15, 0.2) is 0 Å². The van der Waals surface area contributed by atoms with Crippen LogP contribution >= 0.6 is 11.6 Å². The summed E-state index contributed by atoms with van der Waals surface area (Å²) in [4.78, 5) is 4.15. The van der Waals surface area contributed by atoms with Gasteiger partial charge in [-0.1, -0.05) is 11.6 Å². The van der Waals surface area contributed by atoms with Crippen molar-refractivity contribution in [2.75, 3.05) is 13.7 Å². The van der Waals surface area contributed by atoms with Crippen LogP contribution < -0.4 is 10.1 Å². The second kappa shape index (κ2) is 4.15. The monoisotopic (exact) mass is 212 g/mol. The lowest BCUT2D eigenvalue weighted by Crippen LogP contribution is -2.13. The second-order valence-corrected chi connectivity index (χ2v) is 3.82. The number of hydrogen-bond donors (Lipinski definition) is 1. The Morgan fingerprint density at radius 3 is 3.07 bits per heavy atom. The van der Waals surface area contributed by atoms with Crippen LogP contribution in [-0.4, -0.2) is 18.6 Å². The van der Waals surface area contributed by atoms with Crippen LogP contribution in [0.4, 0.5) is 0 Å². The number of nitrogens with one attached hydrogen (secondary N) is 1. The molecule has 0 amide bonds. The smallest absolute Gasteiger partial charge is 0.232 e. The summed E-state index contributed by atoms with van der Waals surface area (Å²) in [5.41, 5.74) is 1.15. The van der Waals surface area contributed by atoms with Gasteiger partial charge in [0, 0.05) is 12.2 Å². The number of rotatable bonds is 2. The van der Waals surface area contributed by atoms with E-state index in [1.165, 1.54) is 6.42 Å². The molecule has 2 heterocycles. The van der Waals surface area contributed by atoms with Crippen LogP contribution in [-0.2, 0) is 0 Å². The molecule has 0 aliphatic carbocycles. The minimum absolute atomic E-state index is 0.408. The Morgan fingerprint density at radius 2 is 2.50 bits per heavy atom. The zero-order valence-corrected chi connectivity index (χ0v) is 8.84. The van der Waals surface area contributed by atoms with Crippen molar-refractivity contribution in [1.82, 2.24) is 10.3 Å². The van der Waals surface area contributed by atoms with Crippen LogP contribution in [0.2, 0.25) is 5.02 Å². The van der Waals surface area contributed by atoms with Crippen molar-refractivity contribution in [3.8, 4) is 5.88 Å². The van der Waals surface area contributed by atoms with Gasteiger partial charge in [-0.05, 0) is 31.0 Å². The number of hydrogen-bond acceptors (Lipinski definition) is 3. The summed E-state index contributed by atoms with van der Waals surface area (Å²) in [5, 5.41) is 3.98. The first kappa shape index (κ1) is 9.74. The lowest BCUT2D eigenvalue weighted by Gasteiger charge is -2.11. The zero-order valence-electron chi connectivity index (χ0n) is 8.09. The van der Waals surface area contributed by atoms with E-state index in [9.17, 15) is 0 Å². The molecule has 2 rings (SSSR count). The summed E-state index contributed by atoms with van der Waals surface area (Å²) in [5.74, 6) is 0.494. The third-order valence-corrected chi connectivity index (χ3v) is 2.76. The van der Waals surface area contributed by atoms with Gasteiger partial charge in [0.2, 0.25) is 5.88 Å². The highest BCUT2D eigenvalue weighted by Crippen LogP contribution is 2.28. The molecule has 1 aliphatic heterocycles. The Balaban J connectivity index is 2.23. The first-order valence-corrected chi connectivity index (χ1v) is 5.12. The molecule has 1 N–H and O–H groups in total. The zero-order chi connectivity index (χ0) is 9.97. The fourth-order valence-electron chi connectivity index (χ4n) is 1.75. The Kier molecular flexibility index (Phi) is 2.89. The molecule has 76 valence electrons. The lowest BCUT2D eigenvalue weighted by molar-refractivity contribution is 0.397. The van der Waals surface area contributed by atoms with Crippen molar-refractivity contribution in [3.63, 3.8) is 0 Å². The first-order chi connectivity index (χ1) is 6.81. The van der Waals surface area contributed by atoms with Gasteiger partial charge in [-0.15, -0.1) is 0 Å². The molecule has 0 unspecified atom stereocenters. The molecule has 0 bridgehead atoms. The Labute approximate surface area is 88.4 Å². The number of nitrogens with zero attached hydrogens (tertiary/aromatic N) is 1. The van der Waals surface area contributed by atoms with Crippen molar-refractivity contribution in [2.45, 2.75) is 18.9 Å². The molecule has 1 saturated heterocycles. The van der Waals surface area contributed by atoms with E-state index in [1.54, 1.807) is 7.11 Å². The summed E-state index contributed by atoms with van der Waals surface area (Å²) in [6.45, 7) is 1.08. The molecule has 4 heteroatoms. The van der Waals surface area contributed by atoms with Gasteiger partial charge in [0.05, 0.1) is 7.11 Å². The molecule has 1 atom stereocenters. The van der Waals surface area contributed by atoms with Crippen molar-refractivity contribution in [1.29, 1.82) is 0 Å². The number of methoxy groups -OCH3 is 1. The molecule has 1 aliphatic rings. The van der Waals surface area contributed by atoms with Crippen LogP contribution in [0, 0.1) is 0 Å². The molecule has 1 fully saturated rings. The summed E-state index contributed by atoms with van der Waals surface area (Å²) in [6.07, 6.45) is 4.20. The maximum atomic E-state index is 5.99. The van der Waals surface area contributed by atoms with Gasteiger partial charge in [0.1, 0.15) is 5.02 Å². The van der Waals surface area contributed by atoms with E-state index in [1.807, 2.05) is 12.3 Å². The highest BCUT2D eigenvalue weighted by Gasteiger charge is 2.17. The Hall–Kier alpha value is -0.800. The predicted octanol–water partition coefficient (Wildman–Crippen LogP) is 2.17. The maximum Gasteiger partial charge on any atom is 0.232 e. The number of halogens is 1. The summed E-state index contributed by atoms with van der Waals surface area (Å²) >= 11 is 5.99. The van der Waals surface area contributed by atoms with E-state index in [0.717, 1.165) is 18.5 Å². The van der Waals surface area contributed by atoms with Gasteiger partial charge in [-0.25, -0.2) is 4.98 Å². The molecule has 1 aromatic heterocycles. The molecule has 3 nitrogen and oxygen atoms in total. The van der Waals surface area contributed by atoms with E-state index in [4.69, 9.17) is 16.3 Å². The molecule has 0 spiro atoms. The molecule has 14 heavy (non-hydrogen) atoms. The van der Waals surface area contributed by atoms with Crippen molar-refractivity contribution in [3.05, 3.63) is 22.8 Å². The van der Waals surface area contributed by atoms with Gasteiger partial charge in [-0.2, -0.15) is 0 Å². The van der Waals surface area contributed by atoms with E-state index in [2.05, 4.69) is 10.3 Å². The minimum Gasteiger partial charge on any atom is -0.480 e. The Morgan fingerprint density at radius 1 is 1.64 bits per heavy atom. The third kappa shape index (κ3) is 1.83. The molecule has 0 radical (unpaired) electrons. The number of aromatic nitrogens is 1. The quantitative estimate of drug-likeness (QED) is 0.816. The van der Waals surface area contributed by atoms with Crippen molar-refractivity contribution in [2.24, 2.45) is 0 Å². The molecular formula is C10H13ClN2O. The van der Waals surface area contributed by atoms with E-state index < -0.39 is 0 Å². The third-order valence-electron chi connectivity index (χ3n) is 2.48. The Bertz CT molecular complexity index is 324. The summed E-state index contributed by atoms with van der Waals surface area (Å²) in [6, 6.07) is 2.34. The van der Waals surface area contributed by atoms with Crippen LogP contribution in [0.1, 0.15) is 24.4 Å². The fourth-order valence-corrected chi connectivity index (χ4v) is 2.00. The van der Waals surface area contributed by atoms with Crippen molar-refractivity contribution >= 4 is 11.6 Å².